The van der Waals surface area contributed by atoms with Crippen molar-refractivity contribution in [3.63, 3.8) is 0 Å². The molecule has 1 aromatic carbocycles. The Kier molecular flexibility index (Phi) is 3.72. The maximum atomic E-state index is 7.42. The van der Waals surface area contributed by atoms with Crippen molar-refractivity contribution in [2.24, 2.45) is 0 Å². The molecule has 0 heterocycles. The molecule has 2 N–H and O–H groups in total. The van der Waals surface area contributed by atoms with Gasteiger partial charge in [0, 0.05) is 18.9 Å². The van der Waals surface area contributed by atoms with E-state index in [0.717, 1.165) is 22.6 Å². The number of hydrogen-bond acceptors (Lipinski definition) is 3. The SMILES string of the molecule is CNc1ccc(C(C)C)c(OC)c1C=N. The topological polar surface area (TPSA) is 45.1 Å². The summed E-state index contributed by atoms with van der Waals surface area (Å²) in [6, 6.07) is 4.03. The molecular weight excluding hydrogens is 188 g/mol. The van der Waals surface area contributed by atoms with Crippen molar-refractivity contribution in [2.45, 2.75) is 19.8 Å². The Morgan fingerprint density at radius 3 is 2.47 bits per heavy atom. The van der Waals surface area contributed by atoms with Gasteiger partial charge < -0.3 is 15.5 Å². The van der Waals surface area contributed by atoms with Crippen LogP contribution in [0.2, 0.25) is 0 Å². The molecule has 0 spiro atoms. The van der Waals surface area contributed by atoms with Crippen LogP contribution in [0.25, 0.3) is 0 Å². The maximum Gasteiger partial charge on any atom is 0.133 e. The summed E-state index contributed by atoms with van der Waals surface area (Å²) in [5, 5.41) is 10.5. The summed E-state index contributed by atoms with van der Waals surface area (Å²) in [5.41, 5.74) is 2.87. The highest BCUT2D eigenvalue weighted by Crippen LogP contribution is 2.33. The molecule has 0 aliphatic carbocycles. The van der Waals surface area contributed by atoms with Gasteiger partial charge in [-0.2, -0.15) is 0 Å². The van der Waals surface area contributed by atoms with Gasteiger partial charge in [0.25, 0.3) is 0 Å². The Morgan fingerprint density at radius 2 is 2.07 bits per heavy atom. The monoisotopic (exact) mass is 206 g/mol. The van der Waals surface area contributed by atoms with E-state index in [1.807, 2.05) is 19.2 Å². The van der Waals surface area contributed by atoms with Gasteiger partial charge in [-0.3, -0.25) is 0 Å². The van der Waals surface area contributed by atoms with Crippen LogP contribution >= 0.6 is 0 Å². The van der Waals surface area contributed by atoms with Crippen molar-refractivity contribution in [1.82, 2.24) is 0 Å². The predicted molar refractivity (Wildman–Crippen MR) is 64.5 cm³/mol. The van der Waals surface area contributed by atoms with Crippen LogP contribution in [-0.4, -0.2) is 20.4 Å². The average Bonchev–Trinajstić information content (AvgIpc) is 2.26. The molecule has 1 aromatic rings. The standard InChI is InChI=1S/C12H18N2O/c1-8(2)9-5-6-11(14-3)10(7-13)12(9)15-4/h5-8,13-14H,1-4H3. The first kappa shape index (κ1) is 11.6. The average molecular weight is 206 g/mol. The molecule has 0 fully saturated rings. The molecule has 0 atom stereocenters. The second-order valence-corrected chi connectivity index (χ2v) is 3.70. The van der Waals surface area contributed by atoms with Gasteiger partial charge in [0.05, 0.1) is 12.7 Å². The highest BCUT2D eigenvalue weighted by Gasteiger charge is 2.13. The van der Waals surface area contributed by atoms with Gasteiger partial charge in [0.2, 0.25) is 0 Å². The minimum absolute atomic E-state index is 0.393. The Hall–Kier alpha value is -1.51. The van der Waals surface area contributed by atoms with E-state index in [2.05, 4.69) is 19.2 Å². The van der Waals surface area contributed by atoms with Gasteiger partial charge in [-0.15, -0.1) is 0 Å². The zero-order valence-electron chi connectivity index (χ0n) is 9.72. The summed E-state index contributed by atoms with van der Waals surface area (Å²) in [6.07, 6.45) is 1.33. The number of ether oxygens (including phenoxy) is 1. The number of anilines is 1. The highest BCUT2D eigenvalue weighted by molar-refractivity contribution is 5.90. The smallest absolute Gasteiger partial charge is 0.133 e. The van der Waals surface area contributed by atoms with E-state index in [4.69, 9.17) is 10.1 Å². The fraction of sp³-hybridized carbons (Fsp3) is 0.417. The van der Waals surface area contributed by atoms with Crippen molar-refractivity contribution >= 4 is 11.9 Å². The maximum absolute atomic E-state index is 7.42. The van der Waals surface area contributed by atoms with E-state index in [0.29, 0.717) is 5.92 Å². The van der Waals surface area contributed by atoms with Crippen molar-refractivity contribution in [2.75, 3.05) is 19.5 Å². The first-order chi connectivity index (χ1) is 7.15. The van der Waals surface area contributed by atoms with E-state index in [1.165, 1.54) is 6.21 Å². The third-order valence-electron chi connectivity index (χ3n) is 2.47. The molecule has 0 unspecified atom stereocenters. The van der Waals surface area contributed by atoms with Gasteiger partial charge in [0.1, 0.15) is 5.75 Å². The first-order valence-electron chi connectivity index (χ1n) is 5.04. The Balaban J connectivity index is 3.40. The summed E-state index contributed by atoms with van der Waals surface area (Å²) < 4.78 is 5.38. The second kappa shape index (κ2) is 4.82. The summed E-state index contributed by atoms with van der Waals surface area (Å²) in [7, 11) is 3.49. The molecule has 0 aliphatic rings. The second-order valence-electron chi connectivity index (χ2n) is 3.70. The molecule has 0 aromatic heterocycles. The lowest BCUT2D eigenvalue weighted by Crippen LogP contribution is -2.02. The predicted octanol–water partition coefficient (Wildman–Crippen LogP) is 2.86. The van der Waals surface area contributed by atoms with Gasteiger partial charge >= 0.3 is 0 Å². The number of benzene rings is 1. The van der Waals surface area contributed by atoms with Crippen molar-refractivity contribution in [3.8, 4) is 5.75 Å². The third kappa shape index (κ3) is 2.12. The van der Waals surface area contributed by atoms with E-state index in [9.17, 15) is 0 Å². The van der Waals surface area contributed by atoms with E-state index in [-0.39, 0.29) is 0 Å². The molecule has 3 heteroatoms. The molecule has 0 bridgehead atoms. The fourth-order valence-corrected chi connectivity index (χ4v) is 1.66. The Labute approximate surface area is 91.0 Å². The van der Waals surface area contributed by atoms with Crippen LogP contribution < -0.4 is 10.1 Å². The van der Waals surface area contributed by atoms with Crippen LogP contribution in [0.15, 0.2) is 12.1 Å². The lowest BCUT2D eigenvalue weighted by atomic mass is 9.98. The highest BCUT2D eigenvalue weighted by atomic mass is 16.5. The molecule has 0 saturated carbocycles. The largest absolute Gasteiger partial charge is 0.496 e. The Bertz CT molecular complexity index is 359. The van der Waals surface area contributed by atoms with Crippen LogP contribution in [0.4, 0.5) is 5.69 Å². The van der Waals surface area contributed by atoms with Gasteiger partial charge in [-0.1, -0.05) is 19.9 Å². The lowest BCUT2D eigenvalue weighted by molar-refractivity contribution is 0.407. The lowest BCUT2D eigenvalue weighted by Gasteiger charge is -2.16. The number of hydrogen-bond donors (Lipinski definition) is 2. The van der Waals surface area contributed by atoms with E-state index < -0.39 is 0 Å². The number of rotatable bonds is 4. The van der Waals surface area contributed by atoms with Crippen LogP contribution in [0.3, 0.4) is 0 Å². The molecule has 82 valence electrons. The molecule has 1 rings (SSSR count). The number of methoxy groups -OCH3 is 1. The minimum Gasteiger partial charge on any atom is -0.496 e. The molecular formula is C12H18N2O. The molecule has 0 saturated heterocycles. The Morgan fingerprint density at radius 1 is 1.40 bits per heavy atom. The summed E-state index contributed by atoms with van der Waals surface area (Å²) in [5.74, 6) is 1.19. The zero-order chi connectivity index (χ0) is 11.4. The van der Waals surface area contributed by atoms with Crippen molar-refractivity contribution < 1.29 is 4.74 Å². The normalized spacial score (nSPS) is 10.2. The third-order valence-corrected chi connectivity index (χ3v) is 2.47. The minimum atomic E-state index is 0.393. The zero-order valence-corrected chi connectivity index (χ0v) is 9.72. The summed E-state index contributed by atoms with van der Waals surface area (Å²) in [4.78, 5) is 0. The molecule has 3 nitrogen and oxygen atoms in total. The molecule has 0 aliphatic heterocycles. The van der Waals surface area contributed by atoms with Gasteiger partial charge in [0.15, 0.2) is 0 Å². The number of nitrogens with one attached hydrogen (secondary N) is 2. The molecule has 0 amide bonds. The molecule has 0 radical (unpaired) electrons. The first-order valence-corrected chi connectivity index (χ1v) is 5.04. The van der Waals surface area contributed by atoms with Crippen LogP contribution in [0, 0.1) is 5.41 Å². The molecule has 15 heavy (non-hydrogen) atoms. The van der Waals surface area contributed by atoms with Crippen LogP contribution in [-0.2, 0) is 0 Å². The summed E-state index contributed by atoms with van der Waals surface area (Å²) >= 11 is 0. The summed E-state index contributed by atoms with van der Waals surface area (Å²) in [6.45, 7) is 4.23. The van der Waals surface area contributed by atoms with Gasteiger partial charge in [-0.25, -0.2) is 0 Å². The van der Waals surface area contributed by atoms with Crippen molar-refractivity contribution in [3.05, 3.63) is 23.3 Å². The fourth-order valence-electron chi connectivity index (χ4n) is 1.66. The van der Waals surface area contributed by atoms with E-state index in [1.54, 1.807) is 7.11 Å². The van der Waals surface area contributed by atoms with Crippen LogP contribution in [0.5, 0.6) is 5.75 Å². The van der Waals surface area contributed by atoms with Gasteiger partial charge in [-0.05, 0) is 17.5 Å². The van der Waals surface area contributed by atoms with Crippen molar-refractivity contribution in [1.29, 1.82) is 5.41 Å². The van der Waals surface area contributed by atoms with E-state index >= 15 is 0 Å². The quantitative estimate of drug-likeness (QED) is 0.744. The van der Waals surface area contributed by atoms with Crippen LogP contribution in [0.1, 0.15) is 30.9 Å².